The van der Waals surface area contributed by atoms with Crippen LogP contribution in [0.15, 0.2) is 0 Å². The average Bonchev–Trinajstić information content (AvgIpc) is 3.43. The summed E-state index contributed by atoms with van der Waals surface area (Å²) < 4.78 is 0. The highest BCUT2D eigenvalue weighted by atomic mass is 15.2. The van der Waals surface area contributed by atoms with Gasteiger partial charge in [-0.25, -0.2) is 0 Å². The lowest BCUT2D eigenvalue weighted by Crippen LogP contribution is -2.61. The van der Waals surface area contributed by atoms with E-state index in [9.17, 15) is 0 Å². The lowest BCUT2D eigenvalue weighted by atomic mass is 9.71. The van der Waals surface area contributed by atoms with Crippen molar-refractivity contribution in [2.24, 2.45) is 16.7 Å². The van der Waals surface area contributed by atoms with E-state index in [0.717, 1.165) is 17.4 Å². The Kier molecular flexibility index (Phi) is 6.21. The first-order valence-electron chi connectivity index (χ1n) is 12.2. The maximum atomic E-state index is 2.81. The van der Waals surface area contributed by atoms with Gasteiger partial charge in [-0.05, 0) is 101 Å². The number of nitrogens with zero attached hydrogens (tertiary/aromatic N) is 3. The van der Waals surface area contributed by atoms with Crippen molar-refractivity contribution in [1.82, 2.24) is 14.7 Å². The van der Waals surface area contributed by atoms with E-state index in [0.29, 0.717) is 5.41 Å². The molecule has 0 amide bonds. The molecular weight excluding hydrogens is 330 g/mol. The minimum absolute atomic E-state index is 0.704. The molecule has 3 nitrogen and oxygen atoms in total. The normalized spacial score (nSPS) is 30.3. The Morgan fingerprint density at radius 1 is 0.889 bits per heavy atom. The van der Waals surface area contributed by atoms with Crippen LogP contribution in [-0.2, 0) is 0 Å². The van der Waals surface area contributed by atoms with Crippen LogP contribution in [0.25, 0.3) is 0 Å². The summed E-state index contributed by atoms with van der Waals surface area (Å²) in [6.07, 6.45) is 12.9. The first kappa shape index (κ1) is 20.2. The lowest BCUT2D eigenvalue weighted by molar-refractivity contribution is -0.0598. The molecule has 1 aliphatic carbocycles. The second kappa shape index (κ2) is 8.32. The molecule has 4 fully saturated rings. The molecule has 156 valence electrons. The molecule has 3 aliphatic heterocycles. The summed E-state index contributed by atoms with van der Waals surface area (Å²) in [5.41, 5.74) is 1.44. The number of likely N-dealkylation sites (tertiary alicyclic amines) is 3. The average molecular weight is 376 g/mol. The van der Waals surface area contributed by atoms with Crippen LogP contribution in [0.3, 0.4) is 0 Å². The van der Waals surface area contributed by atoms with E-state index in [1.165, 1.54) is 110 Å². The Bertz CT molecular complexity index is 462. The highest BCUT2D eigenvalue weighted by molar-refractivity contribution is 5.01. The molecule has 0 radical (unpaired) electrons. The second-order valence-electron chi connectivity index (χ2n) is 10.9. The smallest absolute Gasteiger partial charge is 0.00668 e. The maximum absolute atomic E-state index is 2.81. The Morgan fingerprint density at radius 2 is 1.56 bits per heavy atom. The Morgan fingerprint density at radius 3 is 2.11 bits per heavy atom. The number of hydrogen-bond donors (Lipinski definition) is 0. The second-order valence-corrected chi connectivity index (χ2v) is 10.9. The molecule has 1 spiro atoms. The van der Waals surface area contributed by atoms with Crippen molar-refractivity contribution in [3.8, 4) is 0 Å². The fourth-order valence-electron chi connectivity index (χ4n) is 6.35. The molecule has 4 rings (SSSR count). The minimum Gasteiger partial charge on any atom is -0.303 e. The summed E-state index contributed by atoms with van der Waals surface area (Å²) in [7, 11) is 0. The van der Waals surface area contributed by atoms with E-state index in [1.54, 1.807) is 0 Å². The lowest BCUT2D eigenvalue weighted by Gasteiger charge is -2.55. The molecule has 1 saturated carbocycles. The van der Waals surface area contributed by atoms with Crippen molar-refractivity contribution in [3.05, 3.63) is 0 Å². The van der Waals surface area contributed by atoms with Gasteiger partial charge in [0.15, 0.2) is 0 Å². The van der Waals surface area contributed by atoms with E-state index in [4.69, 9.17) is 0 Å². The first-order valence-corrected chi connectivity index (χ1v) is 12.2. The summed E-state index contributed by atoms with van der Waals surface area (Å²) in [5, 5.41) is 0. The molecule has 27 heavy (non-hydrogen) atoms. The molecule has 0 N–H and O–H groups in total. The predicted octanol–water partition coefficient (Wildman–Crippen LogP) is 4.48. The van der Waals surface area contributed by atoms with Gasteiger partial charge < -0.3 is 14.7 Å². The van der Waals surface area contributed by atoms with E-state index >= 15 is 0 Å². The number of piperidine rings is 2. The van der Waals surface area contributed by atoms with Gasteiger partial charge in [0.25, 0.3) is 0 Å². The van der Waals surface area contributed by atoms with E-state index in [2.05, 4.69) is 35.5 Å². The quantitative estimate of drug-likeness (QED) is 0.619. The SMILES string of the molecule is CCCC(C)N1CCC(CN2CC3(CCN(CC4(CC)CC4)CC3)C2)CC1. The van der Waals surface area contributed by atoms with Crippen molar-refractivity contribution >= 4 is 0 Å². The molecule has 1 unspecified atom stereocenters. The zero-order valence-corrected chi connectivity index (χ0v) is 18.5. The maximum Gasteiger partial charge on any atom is 0.00668 e. The van der Waals surface area contributed by atoms with Gasteiger partial charge in [-0.3, -0.25) is 0 Å². The van der Waals surface area contributed by atoms with Crippen LogP contribution in [0.2, 0.25) is 0 Å². The molecule has 0 aromatic heterocycles. The van der Waals surface area contributed by atoms with Gasteiger partial charge in [-0.15, -0.1) is 0 Å². The summed E-state index contributed by atoms with van der Waals surface area (Å²) >= 11 is 0. The van der Waals surface area contributed by atoms with Gasteiger partial charge in [0.1, 0.15) is 0 Å². The van der Waals surface area contributed by atoms with Gasteiger partial charge in [-0.2, -0.15) is 0 Å². The van der Waals surface area contributed by atoms with Crippen molar-refractivity contribution in [2.45, 2.75) is 84.6 Å². The highest BCUT2D eigenvalue weighted by Crippen LogP contribution is 2.50. The summed E-state index contributed by atoms with van der Waals surface area (Å²) in [6.45, 7) is 18.2. The summed E-state index contributed by atoms with van der Waals surface area (Å²) in [4.78, 5) is 8.35. The fraction of sp³-hybridized carbons (Fsp3) is 1.00. The molecule has 0 aromatic rings. The standard InChI is InChI=1S/C24H45N3/c1-4-6-21(3)27-13-7-22(8-14-27)17-26-19-24(20-26)11-15-25(16-12-24)18-23(5-2)9-10-23/h21-22H,4-20H2,1-3H3. The fourth-order valence-corrected chi connectivity index (χ4v) is 6.35. The zero-order valence-electron chi connectivity index (χ0n) is 18.5. The summed E-state index contributed by atoms with van der Waals surface area (Å²) in [5.74, 6) is 0.965. The molecular formula is C24H45N3. The van der Waals surface area contributed by atoms with Crippen LogP contribution < -0.4 is 0 Å². The van der Waals surface area contributed by atoms with Gasteiger partial charge >= 0.3 is 0 Å². The van der Waals surface area contributed by atoms with E-state index in [-0.39, 0.29) is 0 Å². The van der Waals surface area contributed by atoms with Gasteiger partial charge in [0.2, 0.25) is 0 Å². The molecule has 0 bridgehead atoms. The van der Waals surface area contributed by atoms with Gasteiger partial charge in [0.05, 0.1) is 0 Å². The predicted molar refractivity (Wildman–Crippen MR) is 115 cm³/mol. The van der Waals surface area contributed by atoms with Crippen LogP contribution in [0.1, 0.15) is 78.6 Å². The molecule has 0 aromatic carbocycles. The Balaban J connectivity index is 1.13. The monoisotopic (exact) mass is 375 g/mol. The number of rotatable bonds is 8. The van der Waals surface area contributed by atoms with Gasteiger partial charge in [0, 0.05) is 32.2 Å². The third kappa shape index (κ3) is 4.73. The van der Waals surface area contributed by atoms with Gasteiger partial charge in [-0.1, -0.05) is 20.3 Å². The van der Waals surface area contributed by atoms with E-state index < -0.39 is 0 Å². The molecule has 1 atom stereocenters. The zero-order chi connectivity index (χ0) is 18.9. The van der Waals surface area contributed by atoms with Crippen LogP contribution in [0, 0.1) is 16.7 Å². The Hall–Kier alpha value is -0.120. The van der Waals surface area contributed by atoms with Crippen molar-refractivity contribution < 1.29 is 0 Å². The van der Waals surface area contributed by atoms with Crippen molar-refractivity contribution in [3.63, 3.8) is 0 Å². The highest BCUT2D eigenvalue weighted by Gasteiger charge is 2.47. The van der Waals surface area contributed by atoms with Crippen molar-refractivity contribution in [2.75, 3.05) is 52.4 Å². The number of hydrogen-bond acceptors (Lipinski definition) is 3. The third-order valence-electron chi connectivity index (χ3n) is 8.80. The first-order chi connectivity index (χ1) is 13.1. The Labute approximate surface area is 168 Å². The summed E-state index contributed by atoms with van der Waals surface area (Å²) in [6, 6.07) is 0.802. The van der Waals surface area contributed by atoms with Crippen LogP contribution in [0.4, 0.5) is 0 Å². The van der Waals surface area contributed by atoms with E-state index in [1.807, 2.05) is 0 Å². The van der Waals surface area contributed by atoms with Crippen LogP contribution in [0.5, 0.6) is 0 Å². The molecule has 3 saturated heterocycles. The third-order valence-corrected chi connectivity index (χ3v) is 8.80. The van der Waals surface area contributed by atoms with Crippen molar-refractivity contribution in [1.29, 1.82) is 0 Å². The molecule has 3 heterocycles. The minimum atomic E-state index is 0.704. The molecule has 3 heteroatoms. The molecule has 4 aliphatic rings. The van der Waals surface area contributed by atoms with Crippen LogP contribution in [-0.4, -0.2) is 73.1 Å². The van der Waals surface area contributed by atoms with Crippen LogP contribution >= 0.6 is 0 Å². The topological polar surface area (TPSA) is 9.72 Å². The largest absolute Gasteiger partial charge is 0.303 e.